The molecule has 0 bridgehead atoms. The number of nitrogen functional groups attached to an aromatic ring is 1. The Labute approximate surface area is 98.8 Å². The normalized spacial score (nSPS) is 10.2. The standard InChI is InChI=1S/C11H14N4O2/c1-16-9-5-3-2-4-8(9)6-7-10-14-15-11(13-12)17-10/h2-5H,6-7,12H2,1H3,(H,13,15). The number of anilines is 1. The summed E-state index contributed by atoms with van der Waals surface area (Å²) in [6.45, 7) is 0. The molecule has 0 spiro atoms. The monoisotopic (exact) mass is 234 g/mol. The van der Waals surface area contributed by atoms with E-state index in [2.05, 4.69) is 15.6 Å². The van der Waals surface area contributed by atoms with Gasteiger partial charge in [-0.2, -0.15) is 0 Å². The second kappa shape index (κ2) is 5.31. The van der Waals surface area contributed by atoms with Crippen molar-refractivity contribution in [3.8, 4) is 5.75 Å². The first-order chi connectivity index (χ1) is 8.33. The Hall–Kier alpha value is -2.08. The molecule has 0 aliphatic heterocycles. The Bertz CT molecular complexity index is 484. The molecule has 0 radical (unpaired) electrons. The van der Waals surface area contributed by atoms with Crippen molar-refractivity contribution >= 4 is 6.01 Å². The lowest BCUT2D eigenvalue weighted by Gasteiger charge is -2.06. The molecule has 2 rings (SSSR count). The Balaban J connectivity index is 2.01. The molecule has 17 heavy (non-hydrogen) atoms. The second-order valence-corrected chi connectivity index (χ2v) is 3.46. The zero-order valence-corrected chi connectivity index (χ0v) is 9.51. The van der Waals surface area contributed by atoms with Crippen LogP contribution >= 0.6 is 0 Å². The molecule has 90 valence electrons. The number of ether oxygens (including phenoxy) is 1. The third-order valence-electron chi connectivity index (χ3n) is 2.39. The van der Waals surface area contributed by atoms with Gasteiger partial charge in [0.15, 0.2) is 0 Å². The van der Waals surface area contributed by atoms with E-state index in [0.717, 1.165) is 17.7 Å². The molecule has 1 heterocycles. The number of para-hydroxylation sites is 1. The van der Waals surface area contributed by atoms with Crippen molar-refractivity contribution in [1.29, 1.82) is 0 Å². The summed E-state index contributed by atoms with van der Waals surface area (Å²) < 4.78 is 10.5. The summed E-state index contributed by atoms with van der Waals surface area (Å²) in [7, 11) is 1.65. The summed E-state index contributed by atoms with van der Waals surface area (Å²) in [4.78, 5) is 0. The number of benzene rings is 1. The number of aromatic nitrogens is 2. The van der Waals surface area contributed by atoms with E-state index in [1.165, 1.54) is 0 Å². The average molecular weight is 234 g/mol. The van der Waals surface area contributed by atoms with E-state index in [9.17, 15) is 0 Å². The molecular formula is C11H14N4O2. The van der Waals surface area contributed by atoms with E-state index in [0.29, 0.717) is 12.3 Å². The van der Waals surface area contributed by atoms with Crippen molar-refractivity contribution in [3.63, 3.8) is 0 Å². The molecule has 0 atom stereocenters. The van der Waals surface area contributed by atoms with Crippen molar-refractivity contribution < 1.29 is 9.15 Å². The molecule has 6 nitrogen and oxygen atoms in total. The molecule has 0 aliphatic carbocycles. The number of aryl methyl sites for hydroxylation is 2. The van der Waals surface area contributed by atoms with Crippen LogP contribution in [-0.2, 0) is 12.8 Å². The number of nitrogens with zero attached hydrogens (tertiary/aromatic N) is 2. The number of nitrogens with one attached hydrogen (secondary N) is 1. The molecule has 1 aromatic carbocycles. The minimum Gasteiger partial charge on any atom is -0.496 e. The van der Waals surface area contributed by atoms with E-state index in [4.69, 9.17) is 15.0 Å². The average Bonchev–Trinajstić information content (AvgIpc) is 2.84. The lowest BCUT2D eigenvalue weighted by atomic mass is 10.1. The van der Waals surface area contributed by atoms with Crippen LogP contribution in [0.1, 0.15) is 11.5 Å². The van der Waals surface area contributed by atoms with Gasteiger partial charge < -0.3 is 9.15 Å². The van der Waals surface area contributed by atoms with Gasteiger partial charge >= 0.3 is 6.01 Å². The van der Waals surface area contributed by atoms with Crippen LogP contribution in [0.5, 0.6) is 5.75 Å². The molecule has 0 saturated heterocycles. The number of hydrogen-bond donors (Lipinski definition) is 2. The van der Waals surface area contributed by atoms with Crippen LogP contribution < -0.4 is 16.0 Å². The number of methoxy groups -OCH3 is 1. The zero-order chi connectivity index (χ0) is 12.1. The molecule has 3 N–H and O–H groups in total. The van der Waals surface area contributed by atoms with E-state index in [1.54, 1.807) is 7.11 Å². The number of hydrazine groups is 1. The first-order valence-corrected chi connectivity index (χ1v) is 5.24. The Morgan fingerprint density at radius 1 is 1.29 bits per heavy atom. The highest BCUT2D eigenvalue weighted by atomic mass is 16.5. The fourth-order valence-corrected chi connectivity index (χ4v) is 1.56. The SMILES string of the molecule is COc1ccccc1CCc1nnc(NN)o1. The van der Waals surface area contributed by atoms with E-state index >= 15 is 0 Å². The Kier molecular flexibility index (Phi) is 3.56. The summed E-state index contributed by atoms with van der Waals surface area (Å²) in [6, 6.07) is 8.07. The van der Waals surface area contributed by atoms with Gasteiger partial charge in [-0.15, -0.1) is 5.10 Å². The Morgan fingerprint density at radius 3 is 2.82 bits per heavy atom. The fourth-order valence-electron chi connectivity index (χ4n) is 1.56. The third kappa shape index (κ3) is 2.73. The van der Waals surface area contributed by atoms with E-state index in [1.807, 2.05) is 24.3 Å². The van der Waals surface area contributed by atoms with E-state index in [-0.39, 0.29) is 6.01 Å². The lowest BCUT2D eigenvalue weighted by molar-refractivity contribution is 0.408. The molecule has 6 heteroatoms. The highest BCUT2D eigenvalue weighted by Crippen LogP contribution is 2.19. The van der Waals surface area contributed by atoms with Crippen LogP contribution in [0.3, 0.4) is 0 Å². The van der Waals surface area contributed by atoms with Crippen molar-refractivity contribution in [3.05, 3.63) is 35.7 Å². The smallest absolute Gasteiger partial charge is 0.330 e. The van der Waals surface area contributed by atoms with Crippen molar-refractivity contribution in [2.75, 3.05) is 12.5 Å². The molecule has 2 aromatic rings. The quantitative estimate of drug-likeness (QED) is 0.596. The van der Waals surface area contributed by atoms with Crippen LogP contribution in [-0.4, -0.2) is 17.3 Å². The molecule has 0 aliphatic rings. The molecule has 0 unspecified atom stereocenters. The van der Waals surface area contributed by atoms with Crippen LogP contribution in [0.2, 0.25) is 0 Å². The summed E-state index contributed by atoms with van der Waals surface area (Å²) in [5, 5.41) is 7.56. The number of nitrogens with two attached hydrogens (primary N) is 1. The molecular weight excluding hydrogens is 220 g/mol. The first-order valence-electron chi connectivity index (χ1n) is 5.24. The van der Waals surface area contributed by atoms with Gasteiger partial charge in [-0.3, -0.25) is 5.43 Å². The van der Waals surface area contributed by atoms with E-state index < -0.39 is 0 Å². The van der Waals surface area contributed by atoms with Crippen LogP contribution in [0.25, 0.3) is 0 Å². The topological polar surface area (TPSA) is 86.2 Å². The molecule has 1 aromatic heterocycles. The van der Waals surface area contributed by atoms with Crippen molar-refractivity contribution in [1.82, 2.24) is 10.2 Å². The van der Waals surface area contributed by atoms with Gasteiger partial charge in [-0.05, 0) is 18.1 Å². The molecule has 0 saturated carbocycles. The predicted octanol–water partition coefficient (Wildman–Crippen LogP) is 1.15. The fraction of sp³-hybridized carbons (Fsp3) is 0.273. The highest BCUT2D eigenvalue weighted by Gasteiger charge is 2.07. The second-order valence-electron chi connectivity index (χ2n) is 3.46. The van der Waals surface area contributed by atoms with Gasteiger partial charge in [0, 0.05) is 6.42 Å². The maximum absolute atomic E-state index is 5.26. The number of hydrogen-bond acceptors (Lipinski definition) is 6. The zero-order valence-electron chi connectivity index (χ0n) is 9.51. The molecule has 0 fully saturated rings. The molecule has 0 amide bonds. The van der Waals surface area contributed by atoms with Crippen molar-refractivity contribution in [2.24, 2.45) is 5.84 Å². The number of rotatable bonds is 5. The van der Waals surface area contributed by atoms with Crippen LogP contribution in [0.15, 0.2) is 28.7 Å². The lowest BCUT2D eigenvalue weighted by Crippen LogP contribution is -2.06. The largest absolute Gasteiger partial charge is 0.496 e. The minimum absolute atomic E-state index is 0.222. The Morgan fingerprint density at radius 2 is 2.12 bits per heavy atom. The van der Waals surface area contributed by atoms with Gasteiger partial charge in [0.05, 0.1) is 7.11 Å². The first kappa shape index (κ1) is 11.4. The van der Waals surface area contributed by atoms with Crippen molar-refractivity contribution in [2.45, 2.75) is 12.8 Å². The minimum atomic E-state index is 0.222. The van der Waals surface area contributed by atoms with Gasteiger partial charge in [-0.25, -0.2) is 5.84 Å². The summed E-state index contributed by atoms with van der Waals surface area (Å²) in [6.07, 6.45) is 1.42. The predicted molar refractivity (Wildman–Crippen MR) is 62.5 cm³/mol. The highest BCUT2D eigenvalue weighted by molar-refractivity contribution is 5.33. The van der Waals surface area contributed by atoms with Gasteiger partial charge in [-0.1, -0.05) is 23.3 Å². The van der Waals surface area contributed by atoms with Crippen LogP contribution in [0.4, 0.5) is 6.01 Å². The van der Waals surface area contributed by atoms with Crippen LogP contribution in [0, 0.1) is 0 Å². The maximum atomic E-state index is 5.26. The van der Waals surface area contributed by atoms with Gasteiger partial charge in [0.1, 0.15) is 5.75 Å². The van der Waals surface area contributed by atoms with Gasteiger partial charge in [0.25, 0.3) is 0 Å². The third-order valence-corrected chi connectivity index (χ3v) is 2.39. The summed E-state index contributed by atoms with van der Waals surface area (Å²) in [5.74, 6) is 6.56. The maximum Gasteiger partial charge on any atom is 0.330 e. The summed E-state index contributed by atoms with van der Waals surface area (Å²) >= 11 is 0. The summed E-state index contributed by atoms with van der Waals surface area (Å²) in [5.41, 5.74) is 3.41. The van der Waals surface area contributed by atoms with Gasteiger partial charge in [0.2, 0.25) is 5.89 Å².